The van der Waals surface area contributed by atoms with Crippen molar-refractivity contribution in [2.45, 2.75) is 63.2 Å². The van der Waals surface area contributed by atoms with E-state index in [4.69, 9.17) is 0 Å². The molecule has 2 aliphatic heterocycles. The molecule has 0 unspecified atom stereocenters. The van der Waals surface area contributed by atoms with Crippen LogP contribution in [0.4, 0.5) is 0 Å². The van der Waals surface area contributed by atoms with Crippen LogP contribution < -0.4 is 0 Å². The fourth-order valence-corrected chi connectivity index (χ4v) is 12.6. The molecule has 2 heterocycles. The van der Waals surface area contributed by atoms with E-state index in [1.807, 2.05) is 0 Å². The van der Waals surface area contributed by atoms with Gasteiger partial charge in [-0.3, -0.25) is 0 Å². The zero-order valence-corrected chi connectivity index (χ0v) is 18.1. The Hall–Kier alpha value is -0.700. The number of benzene rings is 2. The van der Waals surface area contributed by atoms with Crippen molar-refractivity contribution in [2.24, 2.45) is 0 Å². The summed E-state index contributed by atoms with van der Waals surface area (Å²) in [7, 11) is 0.196. The Morgan fingerprint density at radius 1 is 0.692 bits per heavy atom. The SMILES string of the molecule is CCCC[P@@]1Cc2ccccc2[C@@H]1[C@H]1c2ccccc2C[P@]1CCCC. The smallest absolute Gasteiger partial charge is 0.0156 e. The number of hydrogen-bond acceptors (Lipinski definition) is 0. The Balaban J connectivity index is 1.73. The Bertz CT molecular complexity index is 675. The van der Waals surface area contributed by atoms with E-state index < -0.39 is 0 Å². The summed E-state index contributed by atoms with van der Waals surface area (Å²) < 4.78 is 0. The van der Waals surface area contributed by atoms with Crippen LogP contribution >= 0.6 is 15.8 Å². The summed E-state index contributed by atoms with van der Waals surface area (Å²) in [4.78, 5) is 0. The number of unbranched alkanes of at least 4 members (excludes halogenated alkanes) is 2. The summed E-state index contributed by atoms with van der Waals surface area (Å²) in [6, 6.07) is 18.9. The zero-order chi connectivity index (χ0) is 17.9. The Morgan fingerprint density at radius 3 is 1.54 bits per heavy atom. The van der Waals surface area contributed by atoms with Gasteiger partial charge in [0.1, 0.15) is 0 Å². The van der Waals surface area contributed by atoms with Gasteiger partial charge in [0.15, 0.2) is 0 Å². The second kappa shape index (κ2) is 8.54. The van der Waals surface area contributed by atoms with E-state index in [9.17, 15) is 0 Å². The molecule has 0 fully saturated rings. The van der Waals surface area contributed by atoms with E-state index in [0.717, 1.165) is 11.3 Å². The second-order valence-electron chi connectivity index (χ2n) is 7.94. The molecule has 2 heteroatoms. The number of hydrogen-bond donors (Lipinski definition) is 0. The predicted octanol–water partition coefficient (Wildman–Crippen LogP) is 8.06. The maximum absolute atomic E-state index is 2.47. The lowest BCUT2D eigenvalue weighted by atomic mass is 9.98. The van der Waals surface area contributed by atoms with Crippen LogP contribution in [0.15, 0.2) is 48.5 Å². The zero-order valence-electron chi connectivity index (χ0n) is 16.3. The summed E-state index contributed by atoms with van der Waals surface area (Å²) in [5.41, 5.74) is 8.46. The minimum atomic E-state index is 0.0978. The molecule has 4 atom stereocenters. The van der Waals surface area contributed by atoms with Crippen LogP contribution in [0.3, 0.4) is 0 Å². The molecule has 0 aliphatic carbocycles. The Kier molecular flexibility index (Phi) is 6.13. The van der Waals surface area contributed by atoms with E-state index in [-0.39, 0.29) is 15.8 Å². The highest BCUT2D eigenvalue weighted by Crippen LogP contribution is 2.75. The first-order valence-electron chi connectivity index (χ1n) is 10.5. The van der Waals surface area contributed by atoms with Crippen molar-refractivity contribution in [3.8, 4) is 0 Å². The van der Waals surface area contributed by atoms with Crippen molar-refractivity contribution in [1.29, 1.82) is 0 Å². The molecule has 0 aromatic heterocycles. The average Bonchev–Trinajstić information content (AvgIpc) is 3.21. The van der Waals surface area contributed by atoms with Gasteiger partial charge < -0.3 is 0 Å². The van der Waals surface area contributed by atoms with E-state index in [1.165, 1.54) is 50.3 Å². The summed E-state index contributed by atoms with van der Waals surface area (Å²) in [6.45, 7) is 4.71. The first-order chi connectivity index (χ1) is 12.8. The van der Waals surface area contributed by atoms with E-state index in [0.29, 0.717) is 0 Å². The molecular weight excluding hydrogens is 350 g/mol. The molecule has 0 bridgehead atoms. The first-order valence-corrected chi connectivity index (χ1v) is 14.0. The second-order valence-corrected chi connectivity index (χ2v) is 12.9. The minimum Gasteiger partial charge on any atom is -0.0935 e. The predicted molar refractivity (Wildman–Crippen MR) is 119 cm³/mol. The fraction of sp³-hybridized carbons (Fsp3) is 0.500. The maximum Gasteiger partial charge on any atom is 0.0156 e. The molecule has 0 radical (unpaired) electrons. The van der Waals surface area contributed by atoms with Gasteiger partial charge in [-0.15, -0.1) is 0 Å². The molecule has 0 N–H and O–H groups in total. The maximum atomic E-state index is 2.47. The lowest BCUT2D eigenvalue weighted by Crippen LogP contribution is -2.06. The van der Waals surface area contributed by atoms with Crippen LogP contribution in [0.2, 0.25) is 0 Å². The van der Waals surface area contributed by atoms with Gasteiger partial charge in [-0.2, -0.15) is 0 Å². The number of rotatable bonds is 7. The molecule has 0 saturated heterocycles. The molecule has 0 nitrogen and oxygen atoms in total. The van der Waals surface area contributed by atoms with Gasteiger partial charge in [-0.25, -0.2) is 0 Å². The highest BCUT2D eigenvalue weighted by molar-refractivity contribution is 7.62. The van der Waals surface area contributed by atoms with Crippen molar-refractivity contribution >= 4 is 15.8 Å². The van der Waals surface area contributed by atoms with Crippen LogP contribution in [-0.2, 0) is 12.3 Å². The summed E-state index contributed by atoms with van der Waals surface area (Å²) in [5, 5.41) is 0. The van der Waals surface area contributed by atoms with Gasteiger partial charge in [0.2, 0.25) is 0 Å². The average molecular weight is 382 g/mol. The normalized spacial score (nSPS) is 26.7. The lowest BCUT2D eigenvalue weighted by molar-refractivity contribution is 0.847. The molecule has 2 aromatic carbocycles. The van der Waals surface area contributed by atoms with Crippen molar-refractivity contribution in [2.75, 3.05) is 12.3 Å². The molecule has 0 spiro atoms. The monoisotopic (exact) mass is 382 g/mol. The third kappa shape index (κ3) is 3.53. The Labute approximate surface area is 162 Å². The van der Waals surface area contributed by atoms with Gasteiger partial charge in [0, 0.05) is 11.3 Å². The molecule has 2 aromatic rings. The molecule has 0 amide bonds. The topological polar surface area (TPSA) is 0 Å². The number of fused-ring (bicyclic) bond motifs is 2. The van der Waals surface area contributed by atoms with E-state index in [1.54, 1.807) is 22.3 Å². The van der Waals surface area contributed by atoms with Gasteiger partial charge >= 0.3 is 0 Å². The van der Waals surface area contributed by atoms with Crippen LogP contribution in [0.1, 0.15) is 73.1 Å². The molecule has 0 saturated carbocycles. The van der Waals surface area contributed by atoms with E-state index in [2.05, 4.69) is 62.4 Å². The van der Waals surface area contributed by atoms with Gasteiger partial charge in [-0.1, -0.05) is 91.1 Å². The first kappa shape index (κ1) is 18.7. The fourth-order valence-electron chi connectivity index (χ4n) is 4.86. The highest BCUT2D eigenvalue weighted by Gasteiger charge is 2.44. The summed E-state index contributed by atoms with van der Waals surface area (Å²) >= 11 is 0. The van der Waals surface area contributed by atoms with Crippen molar-refractivity contribution < 1.29 is 0 Å². The lowest BCUT2D eigenvalue weighted by Gasteiger charge is -2.32. The van der Waals surface area contributed by atoms with Crippen LogP contribution in [0.25, 0.3) is 0 Å². The van der Waals surface area contributed by atoms with Crippen molar-refractivity contribution in [3.63, 3.8) is 0 Å². The standard InChI is InChI=1S/C24H32P2/c1-3-5-15-25-17-19-11-7-9-13-21(19)23(25)24-22-14-10-8-12-20(22)18-26(24)16-6-4-2/h7-14,23-24H,3-6,15-18H2,1-2H3/t23-,24-,25+,26+/m1/s1. The molecule has 4 rings (SSSR count). The van der Waals surface area contributed by atoms with E-state index >= 15 is 0 Å². The van der Waals surface area contributed by atoms with Gasteiger partial charge in [-0.05, 0) is 59.7 Å². The van der Waals surface area contributed by atoms with Crippen molar-refractivity contribution in [3.05, 3.63) is 70.8 Å². The van der Waals surface area contributed by atoms with Crippen LogP contribution in [-0.4, -0.2) is 12.3 Å². The minimum absolute atomic E-state index is 0.0978. The van der Waals surface area contributed by atoms with Crippen LogP contribution in [0, 0.1) is 0 Å². The largest absolute Gasteiger partial charge is 0.0935 e. The molecular formula is C24H32P2. The third-order valence-corrected chi connectivity index (χ3v) is 12.4. The summed E-state index contributed by atoms with van der Waals surface area (Å²) in [6.07, 6.45) is 11.2. The molecule has 2 aliphatic rings. The molecule has 26 heavy (non-hydrogen) atoms. The Morgan fingerprint density at radius 2 is 1.12 bits per heavy atom. The van der Waals surface area contributed by atoms with Crippen molar-refractivity contribution in [1.82, 2.24) is 0 Å². The van der Waals surface area contributed by atoms with Gasteiger partial charge in [0.25, 0.3) is 0 Å². The molecule has 138 valence electrons. The highest BCUT2D eigenvalue weighted by atomic mass is 31.1. The quantitative estimate of drug-likeness (QED) is 0.425. The van der Waals surface area contributed by atoms with Gasteiger partial charge in [0.05, 0.1) is 0 Å². The summed E-state index contributed by atoms with van der Waals surface area (Å²) in [5.74, 6) is 0. The van der Waals surface area contributed by atoms with Crippen LogP contribution in [0.5, 0.6) is 0 Å². The third-order valence-electron chi connectivity index (χ3n) is 6.18.